The number of ether oxygens (including phenoxy) is 1. The van der Waals surface area contributed by atoms with Gasteiger partial charge in [-0.2, -0.15) is 13.2 Å². The first-order chi connectivity index (χ1) is 13.1. The van der Waals surface area contributed by atoms with Crippen LogP contribution in [0.2, 0.25) is 0 Å². The smallest absolute Gasteiger partial charge is 0.422 e. The van der Waals surface area contributed by atoms with Crippen LogP contribution in [0.1, 0.15) is 19.4 Å². The van der Waals surface area contributed by atoms with Gasteiger partial charge in [0, 0.05) is 0 Å². The van der Waals surface area contributed by atoms with Crippen LogP contribution in [-0.4, -0.2) is 12.1 Å². The van der Waals surface area contributed by atoms with Crippen molar-refractivity contribution in [3.05, 3.63) is 70.7 Å². The molecule has 3 rings (SSSR count). The van der Waals surface area contributed by atoms with Crippen LogP contribution in [-0.2, 0) is 16.1 Å². The lowest BCUT2D eigenvalue weighted by Gasteiger charge is -2.08. The molecular weight excluding hydrogens is 433 g/mol. The first-order valence-electron chi connectivity index (χ1n) is 8.86. The highest BCUT2D eigenvalue weighted by atomic mass is 79.9. The third kappa shape index (κ3) is 4.49. The van der Waals surface area contributed by atoms with E-state index >= 15 is 0 Å². The summed E-state index contributed by atoms with van der Waals surface area (Å²) in [6.45, 7) is 3.63. The van der Waals surface area contributed by atoms with Gasteiger partial charge in [0.15, 0.2) is 0 Å². The van der Waals surface area contributed by atoms with Crippen LogP contribution < -0.4 is 0 Å². The standard InChI is InChI=1S/C22H20BrF3O2/c1-21(2)17(12-18(23)22(24,25)26)19(21)20(27)28-13-14-7-6-10-16(11-14)15-8-4-3-5-9-15/h3-12,17,19H,13H2,1-2H3. The van der Waals surface area contributed by atoms with Gasteiger partial charge in [0.2, 0.25) is 0 Å². The van der Waals surface area contributed by atoms with E-state index in [0.717, 1.165) is 22.8 Å². The number of halogens is 4. The molecule has 0 radical (unpaired) electrons. The number of esters is 1. The molecule has 0 saturated heterocycles. The second kappa shape index (κ2) is 7.74. The van der Waals surface area contributed by atoms with E-state index in [2.05, 4.69) is 15.9 Å². The summed E-state index contributed by atoms with van der Waals surface area (Å²) in [5.41, 5.74) is 2.33. The molecule has 6 heteroatoms. The SMILES string of the molecule is CC1(C)C(C=C(Br)C(F)(F)F)C1C(=O)OCc1cccc(-c2ccccc2)c1. The summed E-state index contributed by atoms with van der Waals surface area (Å²) in [6.07, 6.45) is -3.38. The van der Waals surface area contributed by atoms with Crippen molar-refractivity contribution < 1.29 is 22.7 Å². The molecule has 148 valence electrons. The van der Waals surface area contributed by atoms with Gasteiger partial charge in [0.1, 0.15) is 6.61 Å². The van der Waals surface area contributed by atoms with Crippen molar-refractivity contribution in [1.29, 1.82) is 0 Å². The van der Waals surface area contributed by atoms with E-state index in [-0.39, 0.29) is 6.61 Å². The van der Waals surface area contributed by atoms with Crippen molar-refractivity contribution in [2.75, 3.05) is 0 Å². The van der Waals surface area contributed by atoms with E-state index in [9.17, 15) is 18.0 Å². The Bertz CT molecular complexity index is 888. The monoisotopic (exact) mass is 452 g/mol. The molecule has 2 atom stereocenters. The topological polar surface area (TPSA) is 26.3 Å². The fourth-order valence-corrected chi connectivity index (χ4v) is 3.69. The Kier molecular flexibility index (Phi) is 5.71. The Morgan fingerprint density at radius 1 is 1.11 bits per heavy atom. The summed E-state index contributed by atoms with van der Waals surface area (Å²) >= 11 is 2.56. The van der Waals surface area contributed by atoms with E-state index in [0.29, 0.717) is 0 Å². The van der Waals surface area contributed by atoms with E-state index in [4.69, 9.17) is 4.74 Å². The normalized spacial score (nSPS) is 21.3. The fourth-order valence-electron chi connectivity index (χ4n) is 3.41. The average molecular weight is 453 g/mol. The molecule has 0 bridgehead atoms. The molecule has 0 N–H and O–H groups in total. The lowest BCUT2D eigenvalue weighted by atomic mass is 10.0. The summed E-state index contributed by atoms with van der Waals surface area (Å²) in [4.78, 5) is 12.4. The highest BCUT2D eigenvalue weighted by Crippen LogP contribution is 2.60. The zero-order chi connectivity index (χ0) is 20.5. The number of hydrogen-bond acceptors (Lipinski definition) is 2. The molecule has 2 aromatic carbocycles. The van der Waals surface area contributed by atoms with Crippen molar-refractivity contribution in [2.24, 2.45) is 17.3 Å². The van der Waals surface area contributed by atoms with Crippen LogP contribution in [0.5, 0.6) is 0 Å². The maximum absolute atomic E-state index is 12.7. The average Bonchev–Trinajstić information content (AvgIpc) is 3.20. The molecule has 2 nitrogen and oxygen atoms in total. The summed E-state index contributed by atoms with van der Waals surface area (Å²) in [5.74, 6) is -1.56. The molecule has 0 heterocycles. The molecule has 2 aromatic rings. The van der Waals surface area contributed by atoms with Gasteiger partial charge in [0.05, 0.1) is 10.4 Å². The predicted molar refractivity (Wildman–Crippen MR) is 106 cm³/mol. The lowest BCUT2D eigenvalue weighted by Crippen LogP contribution is -2.11. The second-order valence-electron chi connectivity index (χ2n) is 7.51. The zero-order valence-electron chi connectivity index (χ0n) is 15.5. The molecule has 0 aliphatic heterocycles. The number of carbonyl (C=O) groups is 1. The summed E-state index contributed by atoms with van der Waals surface area (Å²) in [5, 5.41) is 0. The number of carbonyl (C=O) groups excluding carboxylic acids is 1. The van der Waals surface area contributed by atoms with E-state index < -0.39 is 33.9 Å². The Morgan fingerprint density at radius 3 is 2.39 bits per heavy atom. The number of allylic oxidation sites excluding steroid dienone is 2. The predicted octanol–water partition coefficient (Wildman–Crippen LogP) is 6.51. The van der Waals surface area contributed by atoms with Gasteiger partial charge in [-0.1, -0.05) is 68.5 Å². The molecule has 1 fully saturated rings. The van der Waals surface area contributed by atoms with Crippen molar-refractivity contribution in [3.8, 4) is 11.1 Å². The van der Waals surface area contributed by atoms with Crippen LogP contribution in [0, 0.1) is 17.3 Å². The first-order valence-corrected chi connectivity index (χ1v) is 9.65. The third-order valence-electron chi connectivity index (χ3n) is 5.18. The summed E-state index contributed by atoms with van der Waals surface area (Å²) in [7, 11) is 0. The van der Waals surface area contributed by atoms with Gasteiger partial charge in [-0.05, 0) is 50.0 Å². The quantitative estimate of drug-likeness (QED) is 0.483. The Hall–Kier alpha value is -2.08. The number of rotatable bonds is 5. The third-order valence-corrected chi connectivity index (χ3v) is 5.89. The molecule has 0 spiro atoms. The van der Waals surface area contributed by atoms with Crippen molar-refractivity contribution in [1.82, 2.24) is 0 Å². The van der Waals surface area contributed by atoms with E-state index in [1.165, 1.54) is 0 Å². The van der Waals surface area contributed by atoms with Crippen molar-refractivity contribution >= 4 is 21.9 Å². The second-order valence-corrected chi connectivity index (χ2v) is 8.37. The van der Waals surface area contributed by atoms with Gasteiger partial charge in [-0.3, -0.25) is 4.79 Å². The van der Waals surface area contributed by atoms with Gasteiger partial charge in [0.25, 0.3) is 0 Å². The summed E-state index contributed by atoms with van der Waals surface area (Å²) < 4.78 is 42.8. The number of benzene rings is 2. The maximum atomic E-state index is 12.7. The fraction of sp³-hybridized carbons (Fsp3) is 0.318. The summed E-state index contributed by atoms with van der Waals surface area (Å²) in [6, 6.07) is 17.5. The minimum atomic E-state index is -4.45. The van der Waals surface area contributed by atoms with Crippen LogP contribution >= 0.6 is 15.9 Å². The molecule has 0 aromatic heterocycles. The van der Waals surface area contributed by atoms with Gasteiger partial charge in [-0.25, -0.2) is 0 Å². The largest absolute Gasteiger partial charge is 0.461 e. The van der Waals surface area contributed by atoms with Crippen molar-refractivity contribution in [3.63, 3.8) is 0 Å². The minimum absolute atomic E-state index is 0.0863. The highest BCUT2D eigenvalue weighted by Gasteiger charge is 2.62. The molecular formula is C22H20BrF3O2. The number of alkyl halides is 3. The minimum Gasteiger partial charge on any atom is -0.461 e. The molecule has 28 heavy (non-hydrogen) atoms. The molecule has 1 aliphatic carbocycles. The van der Waals surface area contributed by atoms with Crippen LogP contribution in [0.25, 0.3) is 11.1 Å². The van der Waals surface area contributed by atoms with E-state index in [1.807, 2.05) is 54.6 Å². The Morgan fingerprint density at radius 2 is 1.75 bits per heavy atom. The molecule has 1 aliphatic rings. The van der Waals surface area contributed by atoms with E-state index in [1.54, 1.807) is 13.8 Å². The number of hydrogen-bond donors (Lipinski definition) is 0. The maximum Gasteiger partial charge on any atom is 0.422 e. The first kappa shape index (κ1) is 20.6. The van der Waals surface area contributed by atoms with Crippen LogP contribution in [0.3, 0.4) is 0 Å². The Balaban J connectivity index is 1.65. The van der Waals surface area contributed by atoms with Gasteiger partial charge >= 0.3 is 12.1 Å². The molecule has 0 amide bonds. The Labute approximate surface area is 170 Å². The van der Waals surface area contributed by atoms with Gasteiger partial charge < -0.3 is 4.74 Å². The van der Waals surface area contributed by atoms with Crippen molar-refractivity contribution in [2.45, 2.75) is 26.6 Å². The molecule has 2 unspecified atom stereocenters. The van der Waals surface area contributed by atoms with Gasteiger partial charge in [-0.15, -0.1) is 0 Å². The van der Waals surface area contributed by atoms with Crippen LogP contribution in [0.4, 0.5) is 13.2 Å². The lowest BCUT2D eigenvalue weighted by molar-refractivity contribution is -0.147. The highest BCUT2D eigenvalue weighted by molar-refractivity contribution is 9.11. The van der Waals surface area contributed by atoms with Crippen LogP contribution in [0.15, 0.2) is 65.2 Å². The zero-order valence-corrected chi connectivity index (χ0v) is 17.0. The molecule has 1 saturated carbocycles.